The number of fused-ring (bicyclic) bond motifs is 1. The van der Waals surface area contributed by atoms with Crippen LogP contribution in [-0.4, -0.2) is 28.5 Å². The summed E-state index contributed by atoms with van der Waals surface area (Å²) in [6.07, 6.45) is -1.18. The summed E-state index contributed by atoms with van der Waals surface area (Å²) < 4.78 is 13.4. The number of hydrogen-bond donors (Lipinski definition) is 2. The molecule has 1 aliphatic rings. The van der Waals surface area contributed by atoms with Crippen molar-refractivity contribution in [3.8, 4) is 0 Å². The van der Waals surface area contributed by atoms with Crippen molar-refractivity contribution in [3.05, 3.63) is 83.7 Å². The van der Waals surface area contributed by atoms with Crippen LogP contribution in [0.3, 0.4) is 0 Å². The molecule has 2 unspecified atom stereocenters. The van der Waals surface area contributed by atoms with Crippen molar-refractivity contribution in [1.82, 2.24) is 10.2 Å². The van der Waals surface area contributed by atoms with Gasteiger partial charge < -0.3 is 10.4 Å². The molecule has 2 N–H and O–H groups in total. The van der Waals surface area contributed by atoms with Crippen LogP contribution in [0.15, 0.2) is 66.7 Å². The third kappa shape index (κ3) is 3.01. The van der Waals surface area contributed by atoms with Crippen LogP contribution in [0, 0.1) is 5.82 Å². The molecule has 0 spiro atoms. The van der Waals surface area contributed by atoms with E-state index in [4.69, 9.17) is 0 Å². The molecular weight excluding hydrogens is 359 g/mol. The fraction of sp³-hybridized carbons (Fsp3) is 0.182. The lowest BCUT2D eigenvalue weighted by Crippen LogP contribution is -2.41. The number of urea groups is 1. The van der Waals surface area contributed by atoms with Crippen LogP contribution in [0.5, 0.6) is 0 Å². The maximum absolute atomic E-state index is 13.4. The predicted octanol–water partition coefficient (Wildman–Crippen LogP) is 3.48. The number of imide groups is 1. The average molecular weight is 378 g/mol. The molecule has 3 aromatic rings. The molecule has 1 fully saturated rings. The summed E-state index contributed by atoms with van der Waals surface area (Å²) >= 11 is 0. The Balaban J connectivity index is 1.62. The number of aliphatic hydroxyl groups is 1. The smallest absolute Gasteiger partial charge is 0.325 e. The number of aliphatic hydroxyl groups excluding tert-OH is 1. The molecule has 3 amide bonds. The molecule has 1 saturated heterocycles. The number of amides is 3. The Morgan fingerprint density at radius 2 is 1.79 bits per heavy atom. The molecule has 0 aliphatic carbocycles. The summed E-state index contributed by atoms with van der Waals surface area (Å²) in [5, 5.41) is 15.1. The van der Waals surface area contributed by atoms with Gasteiger partial charge in [-0.1, -0.05) is 48.5 Å². The van der Waals surface area contributed by atoms with Gasteiger partial charge in [-0.25, -0.2) is 9.18 Å². The van der Waals surface area contributed by atoms with Gasteiger partial charge in [0.1, 0.15) is 11.4 Å². The lowest BCUT2D eigenvalue weighted by atomic mass is 9.90. The molecule has 0 saturated carbocycles. The van der Waals surface area contributed by atoms with Crippen LogP contribution in [0.2, 0.25) is 0 Å². The number of carbonyl (C=O) groups is 2. The first-order valence-corrected chi connectivity index (χ1v) is 8.95. The molecule has 28 heavy (non-hydrogen) atoms. The second-order valence-corrected chi connectivity index (χ2v) is 7.10. The van der Waals surface area contributed by atoms with E-state index in [1.165, 1.54) is 18.2 Å². The van der Waals surface area contributed by atoms with E-state index < -0.39 is 29.4 Å². The summed E-state index contributed by atoms with van der Waals surface area (Å²) in [5.74, 6) is -0.946. The quantitative estimate of drug-likeness (QED) is 0.683. The monoisotopic (exact) mass is 378 g/mol. The van der Waals surface area contributed by atoms with Crippen LogP contribution in [-0.2, 0) is 10.3 Å². The van der Waals surface area contributed by atoms with Gasteiger partial charge in [-0.05, 0) is 47.0 Å². The second kappa shape index (κ2) is 6.73. The van der Waals surface area contributed by atoms with Crippen molar-refractivity contribution in [2.24, 2.45) is 0 Å². The highest BCUT2D eigenvalue weighted by atomic mass is 19.1. The summed E-state index contributed by atoms with van der Waals surface area (Å²) in [6, 6.07) is 18.2. The van der Waals surface area contributed by atoms with E-state index in [9.17, 15) is 19.1 Å². The Morgan fingerprint density at radius 1 is 1.04 bits per heavy atom. The SMILES string of the molecule is CC1(c2ccc3ccccc3c2)NC(=O)N(CC(O)c2cccc(F)c2)C1=O. The Bertz CT molecular complexity index is 1080. The molecule has 1 heterocycles. The first-order valence-electron chi connectivity index (χ1n) is 8.95. The molecule has 0 radical (unpaired) electrons. The Kier molecular flexibility index (Phi) is 4.35. The molecule has 4 rings (SSSR count). The molecule has 3 aromatic carbocycles. The van der Waals surface area contributed by atoms with Crippen LogP contribution in [0.1, 0.15) is 24.2 Å². The topological polar surface area (TPSA) is 69.6 Å². The Hall–Kier alpha value is -3.25. The summed E-state index contributed by atoms with van der Waals surface area (Å²) in [5.41, 5.74) is -0.268. The van der Waals surface area contributed by atoms with Gasteiger partial charge >= 0.3 is 6.03 Å². The number of benzene rings is 3. The first kappa shape index (κ1) is 18.1. The third-order valence-electron chi connectivity index (χ3n) is 5.19. The van der Waals surface area contributed by atoms with E-state index in [1.807, 2.05) is 42.5 Å². The number of carbonyl (C=O) groups excluding carboxylic acids is 2. The molecule has 6 heteroatoms. The van der Waals surface area contributed by atoms with E-state index in [0.29, 0.717) is 11.1 Å². The minimum atomic E-state index is -1.23. The number of nitrogens with zero attached hydrogens (tertiary/aromatic N) is 1. The highest BCUT2D eigenvalue weighted by Crippen LogP contribution is 2.32. The summed E-state index contributed by atoms with van der Waals surface area (Å²) in [6.45, 7) is 1.39. The molecular formula is C22H19FN2O3. The molecule has 0 bridgehead atoms. The number of β-amino-alcohol motifs (C(OH)–C–C–N with tert-alkyl or cyclic N) is 1. The van der Waals surface area contributed by atoms with E-state index in [0.717, 1.165) is 15.7 Å². The van der Waals surface area contributed by atoms with Gasteiger partial charge in [0.2, 0.25) is 0 Å². The van der Waals surface area contributed by atoms with E-state index in [1.54, 1.807) is 13.0 Å². The minimum absolute atomic E-state index is 0.253. The highest BCUT2D eigenvalue weighted by Gasteiger charge is 2.49. The number of rotatable bonds is 4. The Labute approximate surface area is 161 Å². The molecule has 2 atom stereocenters. The van der Waals surface area contributed by atoms with Crippen molar-refractivity contribution in [2.45, 2.75) is 18.6 Å². The highest BCUT2D eigenvalue weighted by molar-refractivity contribution is 6.07. The van der Waals surface area contributed by atoms with E-state index >= 15 is 0 Å². The van der Waals surface area contributed by atoms with Crippen molar-refractivity contribution >= 4 is 22.7 Å². The Morgan fingerprint density at radius 3 is 2.54 bits per heavy atom. The molecule has 5 nitrogen and oxygen atoms in total. The van der Waals surface area contributed by atoms with Crippen LogP contribution >= 0.6 is 0 Å². The van der Waals surface area contributed by atoms with Crippen molar-refractivity contribution in [2.75, 3.05) is 6.54 Å². The maximum atomic E-state index is 13.4. The van der Waals surface area contributed by atoms with Gasteiger partial charge in [0, 0.05) is 0 Å². The summed E-state index contributed by atoms with van der Waals surface area (Å²) in [4.78, 5) is 26.5. The standard InChI is InChI=1S/C22H19FN2O3/c1-22(17-10-9-14-5-2-3-6-15(14)11-17)20(27)25(21(28)24-22)13-19(26)16-7-4-8-18(23)12-16/h2-12,19,26H,13H2,1H3,(H,24,28). The van der Waals surface area contributed by atoms with E-state index in [-0.39, 0.29) is 6.54 Å². The molecule has 0 aromatic heterocycles. The van der Waals surface area contributed by atoms with Crippen LogP contribution in [0.4, 0.5) is 9.18 Å². The van der Waals surface area contributed by atoms with Gasteiger partial charge in [-0.2, -0.15) is 0 Å². The van der Waals surface area contributed by atoms with Crippen molar-refractivity contribution in [3.63, 3.8) is 0 Å². The third-order valence-corrected chi connectivity index (χ3v) is 5.19. The zero-order valence-corrected chi connectivity index (χ0v) is 15.2. The van der Waals surface area contributed by atoms with Gasteiger partial charge in [-0.15, -0.1) is 0 Å². The fourth-order valence-electron chi connectivity index (χ4n) is 3.55. The maximum Gasteiger partial charge on any atom is 0.325 e. The summed E-state index contributed by atoms with van der Waals surface area (Å²) in [7, 11) is 0. The minimum Gasteiger partial charge on any atom is -0.387 e. The zero-order chi connectivity index (χ0) is 19.9. The van der Waals surface area contributed by atoms with E-state index in [2.05, 4.69) is 5.32 Å². The number of hydrogen-bond acceptors (Lipinski definition) is 3. The van der Waals surface area contributed by atoms with Crippen molar-refractivity contribution in [1.29, 1.82) is 0 Å². The lowest BCUT2D eigenvalue weighted by molar-refractivity contribution is -0.132. The average Bonchev–Trinajstić information content (AvgIpc) is 2.91. The molecule has 142 valence electrons. The lowest BCUT2D eigenvalue weighted by Gasteiger charge is -2.23. The number of halogens is 1. The van der Waals surface area contributed by atoms with Crippen molar-refractivity contribution < 1.29 is 19.1 Å². The van der Waals surface area contributed by atoms with Gasteiger partial charge in [0.15, 0.2) is 0 Å². The number of nitrogens with one attached hydrogen (secondary N) is 1. The predicted molar refractivity (Wildman–Crippen MR) is 103 cm³/mol. The normalized spacial score (nSPS) is 20.5. The second-order valence-electron chi connectivity index (χ2n) is 7.10. The largest absolute Gasteiger partial charge is 0.387 e. The molecule has 1 aliphatic heterocycles. The van der Waals surface area contributed by atoms with Gasteiger partial charge in [0.05, 0.1) is 12.6 Å². The first-order chi connectivity index (χ1) is 13.4. The van der Waals surface area contributed by atoms with Crippen LogP contribution < -0.4 is 5.32 Å². The van der Waals surface area contributed by atoms with Gasteiger partial charge in [0.25, 0.3) is 5.91 Å². The van der Waals surface area contributed by atoms with Gasteiger partial charge in [-0.3, -0.25) is 9.69 Å². The fourth-order valence-corrected chi connectivity index (χ4v) is 3.55. The van der Waals surface area contributed by atoms with Crippen LogP contribution in [0.25, 0.3) is 10.8 Å². The zero-order valence-electron chi connectivity index (χ0n) is 15.2.